The summed E-state index contributed by atoms with van der Waals surface area (Å²) in [7, 11) is 0. The maximum atomic E-state index is 11.8. The number of rotatable bonds is 16. The van der Waals surface area contributed by atoms with Crippen molar-refractivity contribution in [2.24, 2.45) is 0 Å². The van der Waals surface area contributed by atoms with Crippen molar-refractivity contribution in [3.8, 4) is 0 Å². The van der Waals surface area contributed by atoms with Crippen LogP contribution in [0.25, 0.3) is 0 Å². The molecule has 2 N–H and O–H groups in total. The lowest BCUT2D eigenvalue weighted by Crippen LogP contribution is -2.40. The fraction of sp³-hybridized carbons (Fsp3) is 0.739. The number of carboxylic acid groups (broad SMARTS) is 1. The van der Waals surface area contributed by atoms with Crippen molar-refractivity contribution >= 4 is 11.9 Å². The van der Waals surface area contributed by atoms with Gasteiger partial charge in [0.2, 0.25) is 0 Å². The summed E-state index contributed by atoms with van der Waals surface area (Å²) in [6, 6.07) is -0.756. The third kappa shape index (κ3) is 12.0. The first-order valence-electron chi connectivity index (χ1n) is 11.1. The number of esters is 1. The topological polar surface area (TPSA) is 75.6 Å². The molecule has 5 nitrogen and oxygen atoms in total. The summed E-state index contributed by atoms with van der Waals surface area (Å²) in [6.07, 6.45) is 22.1. The van der Waals surface area contributed by atoms with E-state index in [4.69, 9.17) is 9.84 Å². The lowest BCUT2D eigenvalue weighted by atomic mass is 10.1. The molecule has 160 valence electrons. The monoisotopic (exact) mass is 393 g/mol. The number of hydrogen-bond donors (Lipinski definition) is 2. The quantitative estimate of drug-likeness (QED) is 0.215. The van der Waals surface area contributed by atoms with E-state index in [1.165, 1.54) is 38.5 Å². The zero-order valence-electron chi connectivity index (χ0n) is 17.5. The first-order chi connectivity index (χ1) is 13.6. The summed E-state index contributed by atoms with van der Waals surface area (Å²) in [5.41, 5.74) is 0. The largest absolute Gasteiger partial charge is 0.480 e. The van der Waals surface area contributed by atoms with Crippen molar-refractivity contribution in [1.29, 1.82) is 0 Å². The number of allylic oxidation sites excluding steroid dienone is 4. The molecule has 0 aromatic rings. The smallest absolute Gasteiger partial charge is 0.324 e. The first kappa shape index (κ1) is 24.4. The Balaban J connectivity index is 1.91. The maximum absolute atomic E-state index is 11.8. The fourth-order valence-electron chi connectivity index (χ4n) is 3.36. The molecule has 1 rings (SSSR count). The van der Waals surface area contributed by atoms with Crippen LogP contribution in [0.2, 0.25) is 0 Å². The SMILES string of the molecule is CCCCC/C=C\C/C=C\CCCCCCCC(=O)OC1CCN[C@@H]1C(=O)O. The van der Waals surface area contributed by atoms with Crippen LogP contribution >= 0.6 is 0 Å². The molecular formula is C23H39NO4. The molecule has 5 heteroatoms. The predicted octanol–water partition coefficient (Wildman–Crippen LogP) is 5.16. The van der Waals surface area contributed by atoms with Gasteiger partial charge in [-0.05, 0) is 51.5 Å². The molecule has 0 aromatic carbocycles. The molecular weight excluding hydrogens is 354 g/mol. The highest BCUT2D eigenvalue weighted by atomic mass is 16.5. The Morgan fingerprint density at radius 1 is 0.964 bits per heavy atom. The molecule has 28 heavy (non-hydrogen) atoms. The number of unbranched alkanes of at least 4 members (excludes halogenated alkanes) is 8. The van der Waals surface area contributed by atoms with Gasteiger partial charge in [-0.3, -0.25) is 9.59 Å². The third-order valence-corrected chi connectivity index (χ3v) is 5.05. The minimum absolute atomic E-state index is 0.273. The summed E-state index contributed by atoms with van der Waals surface area (Å²) in [5, 5.41) is 11.9. The average Bonchev–Trinajstić information content (AvgIpc) is 3.13. The van der Waals surface area contributed by atoms with E-state index in [0.29, 0.717) is 19.4 Å². The van der Waals surface area contributed by atoms with E-state index in [9.17, 15) is 9.59 Å². The van der Waals surface area contributed by atoms with Gasteiger partial charge in [0, 0.05) is 6.42 Å². The molecule has 1 heterocycles. The molecule has 0 saturated carbocycles. The fourth-order valence-corrected chi connectivity index (χ4v) is 3.36. The van der Waals surface area contributed by atoms with Gasteiger partial charge in [0.1, 0.15) is 12.1 Å². The minimum Gasteiger partial charge on any atom is -0.480 e. The van der Waals surface area contributed by atoms with E-state index >= 15 is 0 Å². The summed E-state index contributed by atoms with van der Waals surface area (Å²) in [5.74, 6) is -1.22. The number of nitrogens with one attached hydrogen (secondary N) is 1. The zero-order chi connectivity index (χ0) is 20.5. The van der Waals surface area contributed by atoms with Crippen molar-refractivity contribution < 1.29 is 19.4 Å². The van der Waals surface area contributed by atoms with Crippen molar-refractivity contribution in [3.05, 3.63) is 24.3 Å². The van der Waals surface area contributed by atoms with Crippen LogP contribution in [0.15, 0.2) is 24.3 Å². The van der Waals surface area contributed by atoms with Gasteiger partial charge in [-0.1, -0.05) is 63.3 Å². The summed E-state index contributed by atoms with van der Waals surface area (Å²) >= 11 is 0. The van der Waals surface area contributed by atoms with Gasteiger partial charge in [0.15, 0.2) is 0 Å². The Bertz CT molecular complexity index is 487. The maximum Gasteiger partial charge on any atom is 0.324 e. The Labute approximate surface area is 170 Å². The second kappa shape index (κ2) is 16.3. The number of carbonyl (C=O) groups excluding carboxylic acids is 1. The average molecular weight is 394 g/mol. The predicted molar refractivity (Wildman–Crippen MR) is 113 cm³/mol. The molecule has 1 unspecified atom stereocenters. The molecule has 1 aliphatic rings. The van der Waals surface area contributed by atoms with Crippen molar-refractivity contribution in [2.75, 3.05) is 6.54 Å². The summed E-state index contributed by atoms with van der Waals surface area (Å²) < 4.78 is 5.31. The Morgan fingerprint density at radius 3 is 2.29 bits per heavy atom. The van der Waals surface area contributed by atoms with Gasteiger partial charge in [0.25, 0.3) is 0 Å². The highest BCUT2D eigenvalue weighted by molar-refractivity contribution is 5.76. The van der Waals surface area contributed by atoms with Crippen LogP contribution in [-0.4, -0.2) is 35.7 Å². The van der Waals surface area contributed by atoms with E-state index in [1.807, 2.05) is 0 Å². The van der Waals surface area contributed by atoms with Gasteiger partial charge in [-0.2, -0.15) is 0 Å². The third-order valence-electron chi connectivity index (χ3n) is 5.05. The van der Waals surface area contributed by atoms with Crippen LogP contribution in [0.5, 0.6) is 0 Å². The van der Waals surface area contributed by atoms with E-state index in [1.54, 1.807) is 0 Å². The molecule has 1 aliphatic heterocycles. The van der Waals surface area contributed by atoms with E-state index in [0.717, 1.165) is 32.1 Å². The minimum atomic E-state index is -0.952. The van der Waals surface area contributed by atoms with Crippen LogP contribution in [0.1, 0.15) is 90.4 Å². The van der Waals surface area contributed by atoms with Gasteiger partial charge in [-0.15, -0.1) is 0 Å². The molecule has 0 aliphatic carbocycles. The molecule has 0 radical (unpaired) electrons. The van der Waals surface area contributed by atoms with Crippen LogP contribution in [0.3, 0.4) is 0 Å². The van der Waals surface area contributed by atoms with Crippen LogP contribution in [-0.2, 0) is 14.3 Å². The molecule has 1 saturated heterocycles. The van der Waals surface area contributed by atoms with Crippen molar-refractivity contribution in [2.45, 2.75) is 103 Å². The normalized spacial score (nSPS) is 19.6. The number of aliphatic carboxylic acids is 1. The molecule has 0 aromatic heterocycles. The molecule has 0 amide bonds. The first-order valence-corrected chi connectivity index (χ1v) is 11.1. The second-order valence-electron chi connectivity index (χ2n) is 7.57. The summed E-state index contributed by atoms with van der Waals surface area (Å²) in [6.45, 7) is 2.81. The summed E-state index contributed by atoms with van der Waals surface area (Å²) in [4.78, 5) is 22.9. The van der Waals surface area contributed by atoms with Gasteiger partial charge in [0.05, 0.1) is 0 Å². The number of carboxylic acids is 1. The molecule has 1 fully saturated rings. The highest BCUT2D eigenvalue weighted by Gasteiger charge is 2.35. The van der Waals surface area contributed by atoms with Crippen molar-refractivity contribution in [1.82, 2.24) is 5.32 Å². The lowest BCUT2D eigenvalue weighted by molar-refractivity contribution is -0.153. The highest BCUT2D eigenvalue weighted by Crippen LogP contribution is 2.14. The van der Waals surface area contributed by atoms with E-state index < -0.39 is 18.1 Å². The number of carbonyl (C=O) groups is 2. The van der Waals surface area contributed by atoms with Gasteiger partial charge in [-0.25, -0.2) is 0 Å². The van der Waals surface area contributed by atoms with Crippen LogP contribution < -0.4 is 5.32 Å². The molecule has 2 atom stereocenters. The van der Waals surface area contributed by atoms with Gasteiger partial charge >= 0.3 is 11.9 Å². The Hall–Kier alpha value is -1.62. The zero-order valence-corrected chi connectivity index (χ0v) is 17.5. The van der Waals surface area contributed by atoms with Crippen LogP contribution in [0, 0.1) is 0 Å². The molecule has 0 bridgehead atoms. The second-order valence-corrected chi connectivity index (χ2v) is 7.57. The lowest BCUT2D eigenvalue weighted by Gasteiger charge is -2.16. The van der Waals surface area contributed by atoms with Crippen molar-refractivity contribution in [3.63, 3.8) is 0 Å². The number of hydrogen-bond acceptors (Lipinski definition) is 4. The van der Waals surface area contributed by atoms with E-state index in [2.05, 4.69) is 36.5 Å². The van der Waals surface area contributed by atoms with Crippen LogP contribution in [0.4, 0.5) is 0 Å². The number of ether oxygens (including phenoxy) is 1. The van der Waals surface area contributed by atoms with E-state index in [-0.39, 0.29) is 5.97 Å². The standard InChI is InChI=1S/C23H39NO4/c1-2-3-4-5-6-7-8-9-10-11-12-13-14-15-16-17-21(25)28-20-18-19-24-22(20)23(26)27/h6-7,9-10,20,22,24H,2-5,8,11-19H2,1H3,(H,26,27)/b7-6-,10-9-/t20?,22-/m0/s1. The Morgan fingerprint density at radius 2 is 1.61 bits per heavy atom. The van der Waals surface area contributed by atoms with Gasteiger partial charge < -0.3 is 15.2 Å². The molecule has 0 spiro atoms. The Kier molecular flexibility index (Phi) is 14.3.